The molecule has 2 saturated heterocycles. The third-order valence-electron chi connectivity index (χ3n) is 6.50. The lowest BCUT2D eigenvalue weighted by Crippen LogP contribution is -2.57. The Kier molecular flexibility index (Phi) is 6.65. The second kappa shape index (κ2) is 8.64. The van der Waals surface area contributed by atoms with Crippen molar-refractivity contribution in [3.8, 4) is 0 Å². The number of hydrogen-bond acceptors (Lipinski definition) is 6. The molecule has 0 radical (unpaired) electrons. The summed E-state index contributed by atoms with van der Waals surface area (Å²) in [6.07, 6.45) is 4.42. The highest BCUT2D eigenvalue weighted by atomic mass is 32.2. The zero-order chi connectivity index (χ0) is 23.1. The van der Waals surface area contributed by atoms with Gasteiger partial charge in [-0.1, -0.05) is 32.0 Å². The average molecular weight is 454 g/mol. The number of hydrogen-bond donors (Lipinski definition) is 1. The number of alkyl carbamates (subject to hydrolysis) is 1. The van der Waals surface area contributed by atoms with Crippen LogP contribution >= 0.6 is 11.8 Å². The minimum Gasteiger partial charge on any atom is -0.444 e. The van der Waals surface area contributed by atoms with Gasteiger partial charge in [0.25, 0.3) is 5.24 Å². The molecule has 0 aromatic rings. The molecule has 0 aromatic heterocycles. The number of ether oxygens (including phenoxy) is 1. The minimum absolute atomic E-state index is 0.133. The third-order valence-corrected chi connectivity index (χ3v) is 7.05. The molecule has 1 saturated carbocycles. The van der Waals surface area contributed by atoms with Gasteiger partial charge in [0.05, 0.1) is 17.5 Å². The fourth-order valence-electron chi connectivity index (χ4n) is 5.20. The Bertz CT molecular complexity index is 759. The monoisotopic (exact) mass is 453 g/mol. The predicted octanol–water partition coefficient (Wildman–Crippen LogP) is 3.39. The summed E-state index contributed by atoms with van der Waals surface area (Å²) in [4.78, 5) is 55.0. The van der Waals surface area contributed by atoms with Gasteiger partial charge in [-0.25, -0.2) is 4.79 Å². The Labute approximate surface area is 188 Å². The van der Waals surface area contributed by atoms with Gasteiger partial charge in [0, 0.05) is 6.54 Å². The van der Waals surface area contributed by atoms with E-state index in [1.807, 2.05) is 13.8 Å². The maximum absolute atomic E-state index is 13.6. The van der Waals surface area contributed by atoms with E-state index in [4.69, 9.17) is 4.74 Å². The van der Waals surface area contributed by atoms with Crippen molar-refractivity contribution in [1.82, 2.24) is 15.1 Å². The largest absolute Gasteiger partial charge is 0.444 e. The van der Waals surface area contributed by atoms with E-state index < -0.39 is 23.2 Å². The van der Waals surface area contributed by atoms with Crippen molar-refractivity contribution in [2.45, 2.75) is 90.4 Å². The lowest BCUT2D eigenvalue weighted by atomic mass is 9.64. The molecule has 9 heteroatoms. The van der Waals surface area contributed by atoms with Gasteiger partial charge in [-0.05, 0) is 58.6 Å². The number of nitrogens with one attached hydrogen (secondary N) is 1. The van der Waals surface area contributed by atoms with Crippen LogP contribution in [0.2, 0.25) is 0 Å². The highest BCUT2D eigenvalue weighted by Crippen LogP contribution is 2.56. The summed E-state index contributed by atoms with van der Waals surface area (Å²) in [5, 5.41) is 2.51. The molecule has 0 unspecified atom stereocenters. The van der Waals surface area contributed by atoms with Crippen LogP contribution in [0.25, 0.3) is 0 Å². The number of likely N-dealkylation sites (tertiary alicyclic amines) is 2. The first-order chi connectivity index (χ1) is 14.4. The average Bonchev–Trinajstić information content (AvgIpc) is 3.12. The highest BCUT2D eigenvalue weighted by Gasteiger charge is 2.67. The van der Waals surface area contributed by atoms with Crippen molar-refractivity contribution in [3.63, 3.8) is 0 Å². The van der Waals surface area contributed by atoms with Crippen molar-refractivity contribution < 1.29 is 23.9 Å². The van der Waals surface area contributed by atoms with Crippen LogP contribution in [0, 0.1) is 11.3 Å². The molecule has 1 aliphatic carbocycles. The number of carbonyl (C=O) groups excluding carboxylic acids is 4. The fourth-order valence-corrected chi connectivity index (χ4v) is 5.62. The van der Waals surface area contributed by atoms with Crippen molar-refractivity contribution in [2.75, 3.05) is 12.8 Å². The lowest BCUT2D eigenvalue weighted by Gasteiger charge is -2.44. The van der Waals surface area contributed by atoms with E-state index in [0.29, 0.717) is 32.2 Å². The van der Waals surface area contributed by atoms with Crippen LogP contribution in [0.4, 0.5) is 9.59 Å². The van der Waals surface area contributed by atoms with Crippen LogP contribution in [0.15, 0.2) is 0 Å². The normalized spacial score (nSPS) is 25.5. The van der Waals surface area contributed by atoms with Crippen LogP contribution in [-0.2, 0) is 14.3 Å². The van der Waals surface area contributed by atoms with Gasteiger partial charge < -0.3 is 15.0 Å². The fraction of sp³-hybridized carbons (Fsp3) is 0.818. The van der Waals surface area contributed by atoms with E-state index in [9.17, 15) is 19.2 Å². The second-order valence-corrected chi connectivity index (χ2v) is 11.1. The highest BCUT2D eigenvalue weighted by molar-refractivity contribution is 8.13. The molecule has 1 spiro atoms. The van der Waals surface area contributed by atoms with Crippen molar-refractivity contribution in [1.29, 1.82) is 0 Å². The Hall–Kier alpha value is -1.77. The molecule has 8 nitrogen and oxygen atoms in total. The molecule has 0 bridgehead atoms. The van der Waals surface area contributed by atoms with Crippen LogP contribution in [0.1, 0.15) is 66.7 Å². The van der Waals surface area contributed by atoms with Crippen LogP contribution < -0.4 is 5.32 Å². The molecule has 1 N–H and O–H groups in total. The Morgan fingerprint density at radius 3 is 2.39 bits per heavy atom. The van der Waals surface area contributed by atoms with Crippen molar-refractivity contribution >= 4 is 34.9 Å². The van der Waals surface area contributed by atoms with Gasteiger partial charge in [-0.2, -0.15) is 0 Å². The molecule has 31 heavy (non-hydrogen) atoms. The number of fused-ring (bicyclic) bond motifs is 2. The van der Waals surface area contributed by atoms with E-state index >= 15 is 0 Å². The van der Waals surface area contributed by atoms with Gasteiger partial charge in [-0.15, -0.1) is 0 Å². The maximum atomic E-state index is 13.6. The predicted molar refractivity (Wildman–Crippen MR) is 119 cm³/mol. The quantitative estimate of drug-likeness (QED) is 0.701. The summed E-state index contributed by atoms with van der Waals surface area (Å²) in [5.74, 6) is -0.143. The first-order valence-corrected chi connectivity index (χ1v) is 12.4. The van der Waals surface area contributed by atoms with E-state index in [1.165, 1.54) is 4.90 Å². The van der Waals surface area contributed by atoms with E-state index in [0.717, 1.165) is 18.2 Å². The third kappa shape index (κ3) is 4.43. The van der Waals surface area contributed by atoms with E-state index in [-0.39, 0.29) is 35.1 Å². The van der Waals surface area contributed by atoms with Gasteiger partial charge in [-0.3, -0.25) is 19.3 Å². The van der Waals surface area contributed by atoms with Crippen molar-refractivity contribution in [2.24, 2.45) is 11.3 Å². The molecule has 174 valence electrons. The van der Waals surface area contributed by atoms with Crippen molar-refractivity contribution in [3.05, 3.63) is 0 Å². The maximum Gasteiger partial charge on any atom is 0.408 e. The standard InChI is InChI=1S/C22H35N3O5S/c1-13(2)12-14(23-19(28)30-21(3,4)5)17(26)24-11-8-15-16(24)22(9-7-10-22)18(27)25(15)20(29)31-6/h13-16H,7-12H2,1-6H3,(H,23,28)/t14-,15-,16-/m0/s1. The molecule has 4 amide bonds. The summed E-state index contributed by atoms with van der Waals surface area (Å²) >= 11 is 1.04. The molecule has 2 heterocycles. The van der Waals surface area contributed by atoms with Gasteiger partial charge >= 0.3 is 6.09 Å². The topological polar surface area (TPSA) is 96.0 Å². The molecule has 2 aliphatic heterocycles. The zero-order valence-corrected chi connectivity index (χ0v) is 20.2. The number of rotatable bonds is 4. The molecular formula is C22H35N3O5S. The number of nitrogens with zero attached hydrogens (tertiary/aromatic N) is 2. The second-order valence-electron chi connectivity index (χ2n) is 10.3. The Morgan fingerprint density at radius 1 is 1.26 bits per heavy atom. The van der Waals surface area contributed by atoms with Crippen LogP contribution in [0.5, 0.6) is 0 Å². The summed E-state index contributed by atoms with van der Waals surface area (Å²) in [6.45, 7) is 9.80. The lowest BCUT2D eigenvalue weighted by molar-refractivity contribution is -0.145. The Balaban J connectivity index is 1.84. The molecular weight excluding hydrogens is 418 g/mol. The first kappa shape index (κ1) is 23.9. The van der Waals surface area contributed by atoms with Gasteiger partial charge in [0.1, 0.15) is 11.6 Å². The summed E-state index contributed by atoms with van der Waals surface area (Å²) in [5.41, 5.74) is -1.32. The summed E-state index contributed by atoms with van der Waals surface area (Å²) in [6, 6.07) is -1.32. The summed E-state index contributed by atoms with van der Waals surface area (Å²) < 4.78 is 5.37. The molecule has 3 atom stereocenters. The number of amides is 4. The van der Waals surface area contributed by atoms with E-state index in [2.05, 4.69) is 5.32 Å². The molecule has 3 rings (SSSR count). The van der Waals surface area contributed by atoms with Gasteiger partial charge in [0.2, 0.25) is 11.8 Å². The molecule has 0 aromatic carbocycles. The SMILES string of the molecule is CSC(=O)N1C(=O)C2(CCC2)[C@@H]2[C@@H]1CCN2C(=O)[C@H](CC(C)C)NC(=O)OC(C)(C)C. The zero-order valence-electron chi connectivity index (χ0n) is 19.4. The van der Waals surface area contributed by atoms with E-state index in [1.54, 1.807) is 31.9 Å². The molecule has 3 aliphatic rings. The number of carbonyl (C=O) groups is 4. The summed E-state index contributed by atoms with van der Waals surface area (Å²) in [7, 11) is 0. The molecule has 3 fully saturated rings. The first-order valence-electron chi connectivity index (χ1n) is 11.1. The Morgan fingerprint density at radius 2 is 1.90 bits per heavy atom. The van der Waals surface area contributed by atoms with Crippen LogP contribution in [-0.4, -0.2) is 69.5 Å². The van der Waals surface area contributed by atoms with Crippen LogP contribution in [0.3, 0.4) is 0 Å². The number of thioether (sulfide) groups is 1. The minimum atomic E-state index is -0.730. The van der Waals surface area contributed by atoms with Gasteiger partial charge in [0.15, 0.2) is 0 Å². The smallest absolute Gasteiger partial charge is 0.408 e. The number of imide groups is 1.